The van der Waals surface area contributed by atoms with Crippen LogP contribution in [0.15, 0.2) is 0 Å². The first kappa shape index (κ1) is 13.0. The van der Waals surface area contributed by atoms with Crippen molar-refractivity contribution in [1.82, 2.24) is 10.6 Å². The molecular formula is C11H20N2O3. The van der Waals surface area contributed by atoms with Gasteiger partial charge >= 0.3 is 5.97 Å². The quantitative estimate of drug-likeness (QED) is 0.640. The van der Waals surface area contributed by atoms with E-state index in [9.17, 15) is 9.59 Å². The van der Waals surface area contributed by atoms with Gasteiger partial charge in [0.15, 0.2) is 0 Å². The smallest absolute Gasteiger partial charge is 0.322 e. The Hall–Kier alpha value is -1.10. The molecule has 1 amide bonds. The summed E-state index contributed by atoms with van der Waals surface area (Å²) in [5.74, 6) is -1.26. The maximum Gasteiger partial charge on any atom is 0.322 e. The van der Waals surface area contributed by atoms with E-state index >= 15 is 0 Å². The van der Waals surface area contributed by atoms with E-state index in [1.165, 1.54) is 19.3 Å². The molecule has 0 aliphatic heterocycles. The summed E-state index contributed by atoms with van der Waals surface area (Å²) in [6, 6.07) is 0.0850. The molecule has 16 heavy (non-hydrogen) atoms. The number of amides is 1. The molecule has 1 atom stereocenters. The van der Waals surface area contributed by atoms with Crippen LogP contribution in [-0.4, -0.2) is 35.6 Å². The number of rotatable bonds is 5. The van der Waals surface area contributed by atoms with Crippen LogP contribution < -0.4 is 10.6 Å². The zero-order chi connectivity index (χ0) is 12.0. The van der Waals surface area contributed by atoms with Gasteiger partial charge in [-0.3, -0.25) is 9.59 Å². The van der Waals surface area contributed by atoms with Gasteiger partial charge in [-0.25, -0.2) is 0 Å². The van der Waals surface area contributed by atoms with Gasteiger partial charge in [0.1, 0.15) is 6.54 Å². The van der Waals surface area contributed by atoms with Gasteiger partial charge in [0, 0.05) is 6.04 Å². The lowest BCUT2D eigenvalue weighted by molar-refractivity contribution is -0.138. The van der Waals surface area contributed by atoms with Gasteiger partial charge < -0.3 is 15.7 Å². The lowest BCUT2D eigenvalue weighted by Crippen LogP contribution is -2.48. The normalized spacial score (nSPS) is 19.1. The number of carboxylic acid groups (broad SMARTS) is 1. The Bertz CT molecular complexity index is 250. The van der Waals surface area contributed by atoms with E-state index in [-0.39, 0.29) is 18.5 Å². The first-order valence-corrected chi connectivity index (χ1v) is 5.85. The maximum atomic E-state index is 11.5. The summed E-state index contributed by atoms with van der Waals surface area (Å²) in [7, 11) is 0. The number of hydrogen-bond donors (Lipinski definition) is 3. The number of carbonyl (C=O) groups is 2. The SMILES string of the molecule is C[C@H](NC1CCCCC1)C(=O)NCC(=O)O. The second-order valence-corrected chi connectivity index (χ2v) is 4.33. The van der Waals surface area contributed by atoms with Crippen molar-refractivity contribution in [2.75, 3.05) is 6.54 Å². The molecule has 1 rings (SSSR count). The van der Waals surface area contributed by atoms with E-state index in [4.69, 9.17) is 5.11 Å². The van der Waals surface area contributed by atoms with Crippen LogP contribution in [0.25, 0.3) is 0 Å². The first-order chi connectivity index (χ1) is 7.59. The van der Waals surface area contributed by atoms with Crippen LogP contribution >= 0.6 is 0 Å². The summed E-state index contributed by atoms with van der Waals surface area (Å²) >= 11 is 0. The Morgan fingerprint density at radius 2 is 1.94 bits per heavy atom. The highest BCUT2D eigenvalue weighted by Crippen LogP contribution is 2.17. The molecule has 1 aliphatic rings. The van der Waals surface area contributed by atoms with Crippen LogP contribution in [-0.2, 0) is 9.59 Å². The first-order valence-electron chi connectivity index (χ1n) is 5.85. The fourth-order valence-corrected chi connectivity index (χ4v) is 2.01. The zero-order valence-electron chi connectivity index (χ0n) is 9.66. The average molecular weight is 228 g/mol. The number of hydrogen-bond acceptors (Lipinski definition) is 3. The summed E-state index contributed by atoms with van der Waals surface area (Å²) in [6.07, 6.45) is 5.91. The fourth-order valence-electron chi connectivity index (χ4n) is 2.01. The van der Waals surface area contributed by atoms with Crippen molar-refractivity contribution in [3.05, 3.63) is 0 Å². The Balaban J connectivity index is 2.24. The second kappa shape index (κ2) is 6.48. The predicted molar refractivity (Wildman–Crippen MR) is 60.1 cm³/mol. The van der Waals surface area contributed by atoms with Crippen molar-refractivity contribution in [1.29, 1.82) is 0 Å². The molecule has 0 spiro atoms. The average Bonchev–Trinajstić information content (AvgIpc) is 2.27. The highest BCUT2D eigenvalue weighted by atomic mass is 16.4. The molecule has 92 valence electrons. The molecule has 0 heterocycles. The summed E-state index contributed by atoms with van der Waals surface area (Å²) in [4.78, 5) is 21.8. The van der Waals surface area contributed by atoms with Crippen LogP contribution in [0, 0.1) is 0 Å². The van der Waals surface area contributed by atoms with Crippen molar-refractivity contribution in [2.24, 2.45) is 0 Å². The summed E-state index contributed by atoms with van der Waals surface area (Å²) in [5, 5.41) is 14.0. The molecule has 0 aromatic carbocycles. The minimum absolute atomic E-state index is 0.243. The number of carboxylic acids is 1. The predicted octanol–water partition coefficient (Wildman–Crippen LogP) is 0.498. The fraction of sp³-hybridized carbons (Fsp3) is 0.818. The molecule has 0 aromatic rings. The summed E-state index contributed by atoms with van der Waals surface area (Å²) in [5.41, 5.74) is 0. The van der Waals surface area contributed by atoms with Crippen molar-refractivity contribution in [3.63, 3.8) is 0 Å². The van der Waals surface area contributed by atoms with E-state index in [2.05, 4.69) is 10.6 Å². The third-order valence-corrected chi connectivity index (χ3v) is 2.90. The van der Waals surface area contributed by atoms with Crippen molar-refractivity contribution in [3.8, 4) is 0 Å². The van der Waals surface area contributed by atoms with Gasteiger partial charge in [-0.05, 0) is 19.8 Å². The molecule has 3 N–H and O–H groups in total. The van der Waals surface area contributed by atoms with Crippen LogP contribution in [0.2, 0.25) is 0 Å². The molecular weight excluding hydrogens is 208 g/mol. The van der Waals surface area contributed by atoms with E-state index < -0.39 is 5.97 Å². The topological polar surface area (TPSA) is 78.4 Å². The minimum atomic E-state index is -1.02. The Labute approximate surface area is 95.6 Å². The van der Waals surface area contributed by atoms with Crippen molar-refractivity contribution >= 4 is 11.9 Å². The third-order valence-electron chi connectivity index (χ3n) is 2.90. The lowest BCUT2D eigenvalue weighted by Gasteiger charge is -2.25. The number of aliphatic carboxylic acids is 1. The van der Waals surface area contributed by atoms with Gasteiger partial charge in [-0.15, -0.1) is 0 Å². The van der Waals surface area contributed by atoms with Crippen LogP contribution in [0.5, 0.6) is 0 Å². The van der Waals surface area contributed by atoms with Gasteiger partial charge in [0.2, 0.25) is 5.91 Å². The molecule has 1 aliphatic carbocycles. The van der Waals surface area contributed by atoms with E-state index in [1.807, 2.05) is 0 Å². The molecule has 0 unspecified atom stereocenters. The molecule has 0 bridgehead atoms. The van der Waals surface area contributed by atoms with Crippen LogP contribution in [0.1, 0.15) is 39.0 Å². The highest BCUT2D eigenvalue weighted by molar-refractivity contribution is 5.84. The monoisotopic (exact) mass is 228 g/mol. The van der Waals surface area contributed by atoms with Gasteiger partial charge in [-0.2, -0.15) is 0 Å². The standard InChI is InChI=1S/C11H20N2O3/c1-8(11(16)12-7-10(14)15)13-9-5-3-2-4-6-9/h8-9,13H,2-7H2,1H3,(H,12,16)(H,14,15)/t8-/m0/s1. The lowest BCUT2D eigenvalue weighted by atomic mass is 9.95. The molecule has 0 radical (unpaired) electrons. The van der Waals surface area contributed by atoms with Gasteiger partial charge in [-0.1, -0.05) is 19.3 Å². The largest absolute Gasteiger partial charge is 0.480 e. The molecule has 1 saturated carbocycles. The van der Waals surface area contributed by atoms with Crippen LogP contribution in [0.3, 0.4) is 0 Å². The Morgan fingerprint density at radius 1 is 1.31 bits per heavy atom. The van der Waals surface area contributed by atoms with Gasteiger partial charge in [0.05, 0.1) is 6.04 Å². The molecule has 5 nitrogen and oxygen atoms in total. The van der Waals surface area contributed by atoms with E-state index in [0.29, 0.717) is 6.04 Å². The van der Waals surface area contributed by atoms with Crippen molar-refractivity contribution < 1.29 is 14.7 Å². The maximum absolute atomic E-state index is 11.5. The molecule has 0 aromatic heterocycles. The molecule has 1 fully saturated rings. The number of nitrogens with one attached hydrogen (secondary N) is 2. The van der Waals surface area contributed by atoms with E-state index in [0.717, 1.165) is 12.8 Å². The van der Waals surface area contributed by atoms with Gasteiger partial charge in [0.25, 0.3) is 0 Å². The molecule has 0 saturated heterocycles. The second-order valence-electron chi connectivity index (χ2n) is 4.33. The summed E-state index contributed by atoms with van der Waals surface area (Å²) < 4.78 is 0. The summed E-state index contributed by atoms with van der Waals surface area (Å²) in [6.45, 7) is 1.46. The minimum Gasteiger partial charge on any atom is -0.480 e. The highest BCUT2D eigenvalue weighted by Gasteiger charge is 2.19. The van der Waals surface area contributed by atoms with Crippen molar-refractivity contribution in [2.45, 2.75) is 51.1 Å². The Kier molecular flexibility index (Phi) is 5.25. The van der Waals surface area contributed by atoms with E-state index in [1.54, 1.807) is 6.92 Å². The molecule has 5 heteroatoms. The Morgan fingerprint density at radius 3 is 2.50 bits per heavy atom. The number of carbonyl (C=O) groups excluding carboxylic acids is 1. The van der Waals surface area contributed by atoms with Crippen LogP contribution in [0.4, 0.5) is 0 Å². The third kappa shape index (κ3) is 4.61. The zero-order valence-corrected chi connectivity index (χ0v) is 9.66.